The molecule has 0 saturated carbocycles. The highest BCUT2D eigenvalue weighted by Crippen LogP contribution is 2.23. The van der Waals surface area contributed by atoms with Gasteiger partial charge in [0, 0.05) is 31.7 Å². The number of ether oxygens (including phenoxy) is 3. The summed E-state index contributed by atoms with van der Waals surface area (Å²) in [5, 5.41) is 0.870. The molecule has 1 heterocycles. The molecule has 2 rings (SSSR count). The molecule has 1 atom stereocenters. The highest BCUT2D eigenvalue weighted by molar-refractivity contribution is 5.77. The van der Waals surface area contributed by atoms with Crippen LogP contribution in [0.5, 0.6) is 5.75 Å². The van der Waals surface area contributed by atoms with Gasteiger partial charge in [0.25, 0.3) is 0 Å². The van der Waals surface area contributed by atoms with Crippen LogP contribution in [0.2, 0.25) is 0 Å². The number of hydrogen-bond donors (Lipinski definition) is 0. The van der Waals surface area contributed by atoms with Crippen LogP contribution in [0.3, 0.4) is 0 Å². The maximum atomic E-state index is 11.3. The molecule has 0 fully saturated rings. The van der Waals surface area contributed by atoms with Crippen molar-refractivity contribution in [2.24, 2.45) is 0 Å². The van der Waals surface area contributed by atoms with Gasteiger partial charge in [-0.2, -0.15) is 0 Å². The van der Waals surface area contributed by atoms with E-state index < -0.39 is 0 Å². The van der Waals surface area contributed by atoms with Crippen LogP contribution in [0.15, 0.2) is 51.2 Å². The van der Waals surface area contributed by atoms with Crippen molar-refractivity contribution in [3.05, 3.63) is 52.4 Å². The number of methoxy groups -OCH3 is 2. The van der Waals surface area contributed by atoms with Crippen LogP contribution in [-0.4, -0.2) is 32.5 Å². The highest BCUT2D eigenvalue weighted by Gasteiger charge is 2.28. The third-order valence-electron chi connectivity index (χ3n) is 4.66. The third kappa shape index (κ3) is 5.44. The molecule has 0 spiro atoms. The molecule has 0 bridgehead atoms. The third-order valence-corrected chi connectivity index (χ3v) is 4.66. The summed E-state index contributed by atoms with van der Waals surface area (Å²) in [5.74, 6) is 0.672. The largest absolute Gasteiger partial charge is 0.489 e. The van der Waals surface area contributed by atoms with E-state index >= 15 is 0 Å². The smallest absolute Gasteiger partial charge is 0.336 e. The fraction of sp³-hybridized carbons (Fsp3) is 0.476. The number of rotatable bonds is 9. The molecule has 0 unspecified atom stereocenters. The fourth-order valence-electron chi connectivity index (χ4n) is 2.75. The summed E-state index contributed by atoms with van der Waals surface area (Å²) in [6.45, 7) is 6.60. The van der Waals surface area contributed by atoms with E-state index in [0.717, 1.165) is 18.2 Å². The summed E-state index contributed by atoms with van der Waals surface area (Å²) in [4.78, 5) is 11.3. The first kappa shape index (κ1) is 20.2. The lowest BCUT2D eigenvalue weighted by atomic mass is 9.95. The Morgan fingerprint density at radius 3 is 2.65 bits per heavy atom. The average molecular weight is 360 g/mol. The van der Waals surface area contributed by atoms with Crippen molar-refractivity contribution in [1.29, 1.82) is 0 Å². The van der Waals surface area contributed by atoms with Gasteiger partial charge in [0.2, 0.25) is 0 Å². The number of benzene rings is 1. The minimum Gasteiger partial charge on any atom is -0.489 e. The Hall–Kier alpha value is -2.11. The van der Waals surface area contributed by atoms with Crippen molar-refractivity contribution in [3.63, 3.8) is 0 Å². The lowest BCUT2D eigenvalue weighted by Gasteiger charge is -2.32. The summed E-state index contributed by atoms with van der Waals surface area (Å²) in [5.41, 5.74) is 1.07. The molecule has 0 aliphatic carbocycles. The Labute approximate surface area is 154 Å². The van der Waals surface area contributed by atoms with E-state index in [1.54, 1.807) is 26.4 Å². The minimum atomic E-state index is -0.364. The number of hydrogen-bond acceptors (Lipinski definition) is 5. The SMILES string of the molecule is CO[C@H](CC/C(C)=C/COc1ccc2ccc(=O)oc2c1)C(C)(C)OC. The summed E-state index contributed by atoms with van der Waals surface area (Å²) in [6, 6.07) is 8.63. The van der Waals surface area contributed by atoms with E-state index in [9.17, 15) is 4.79 Å². The molecule has 0 amide bonds. The van der Waals surface area contributed by atoms with Crippen molar-refractivity contribution in [2.75, 3.05) is 20.8 Å². The van der Waals surface area contributed by atoms with Gasteiger partial charge in [0.05, 0.1) is 11.7 Å². The van der Waals surface area contributed by atoms with Crippen LogP contribution in [0, 0.1) is 0 Å². The van der Waals surface area contributed by atoms with E-state index in [2.05, 4.69) is 13.0 Å². The van der Waals surface area contributed by atoms with Crippen LogP contribution < -0.4 is 10.4 Å². The van der Waals surface area contributed by atoms with E-state index in [1.807, 2.05) is 26.0 Å². The molecular formula is C21H28O5. The van der Waals surface area contributed by atoms with Crippen LogP contribution in [0.4, 0.5) is 0 Å². The molecule has 0 N–H and O–H groups in total. The fourth-order valence-corrected chi connectivity index (χ4v) is 2.75. The van der Waals surface area contributed by atoms with E-state index in [4.69, 9.17) is 18.6 Å². The molecule has 0 aliphatic rings. The maximum Gasteiger partial charge on any atom is 0.336 e. The van der Waals surface area contributed by atoms with Crippen LogP contribution in [0.25, 0.3) is 11.0 Å². The van der Waals surface area contributed by atoms with E-state index in [1.165, 1.54) is 11.6 Å². The molecule has 0 aliphatic heterocycles. The van der Waals surface area contributed by atoms with Crippen molar-refractivity contribution in [1.82, 2.24) is 0 Å². The molecule has 5 heteroatoms. The van der Waals surface area contributed by atoms with Crippen molar-refractivity contribution >= 4 is 11.0 Å². The lowest BCUT2D eigenvalue weighted by molar-refractivity contribution is -0.0970. The minimum absolute atomic E-state index is 0.0279. The topological polar surface area (TPSA) is 57.9 Å². The Morgan fingerprint density at radius 2 is 1.96 bits per heavy atom. The number of allylic oxidation sites excluding steroid dienone is 1. The van der Waals surface area contributed by atoms with Crippen molar-refractivity contribution in [3.8, 4) is 5.75 Å². The van der Waals surface area contributed by atoms with Gasteiger partial charge < -0.3 is 18.6 Å². The molecule has 0 radical (unpaired) electrons. The normalized spacial score (nSPS) is 13.8. The summed E-state index contributed by atoms with van der Waals surface area (Å²) >= 11 is 0. The van der Waals surface area contributed by atoms with E-state index in [0.29, 0.717) is 17.9 Å². The molecule has 0 saturated heterocycles. The average Bonchev–Trinajstić information content (AvgIpc) is 2.61. The van der Waals surface area contributed by atoms with Crippen molar-refractivity contribution in [2.45, 2.75) is 45.3 Å². The Balaban J connectivity index is 1.90. The van der Waals surface area contributed by atoms with Gasteiger partial charge in [-0.05, 0) is 57.9 Å². The predicted octanol–water partition coefficient (Wildman–Crippen LogP) is 4.34. The second kappa shape index (κ2) is 9.01. The Bertz CT molecular complexity index is 803. The summed E-state index contributed by atoms with van der Waals surface area (Å²) in [7, 11) is 3.42. The first-order valence-corrected chi connectivity index (χ1v) is 8.76. The zero-order valence-electron chi connectivity index (χ0n) is 16.2. The first-order chi connectivity index (χ1) is 12.4. The van der Waals surface area contributed by atoms with Gasteiger partial charge >= 0.3 is 5.63 Å². The summed E-state index contributed by atoms with van der Waals surface area (Å²) < 4.78 is 22.0. The van der Waals surface area contributed by atoms with Gasteiger partial charge in [-0.3, -0.25) is 0 Å². The van der Waals surface area contributed by atoms with Crippen LogP contribution >= 0.6 is 0 Å². The molecular weight excluding hydrogens is 332 g/mol. The monoisotopic (exact) mass is 360 g/mol. The quantitative estimate of drug-likeness (QED) is 0.492. The highest BCUT2D eigenvalue weighted by atomic mass is 16.5. The Kier molecular flexibility index (Phi) is 7.00. The van der Waals surface area contributed by atoms with Gasteiger partial charge in [-0.15, -0.1) is 0 Å². The van der Waals surface area contributed by atoms with Gasteiger partial charge in [0.1, 0.15) is 17.9 Å². The first-order valence-electron chi connectivity index (χ1n) is 8.76. The van der Waals surface area contributed by atoms with Gasteiger partial charge in [0.15, 0.2) is 0 Å². The zero-order chi connectivity index (χ0) is 19.2. The lowest BCUT2D eigenvalue weighted by Crippen LogP contribution is -2.39. The summed E-state index contributed by atoms with van der Waals surface area (Å²) in [6.07, 6.45) is 3.86. The standard InChI is InChI=1S/C21H28O5/c1-15(6-10-19(23-4)21(2,3)24-5)12-13-25-17-9-7-16-8-11-20(22)26-18(16)14-17/h7-9,11-12,14,19H,6,10,13H2,1-5H3/b15-12+/t19-/m1/s1. The van der Waals surface area contributed by atoms with Gasteiger partial charge in [-0.25, -0.2) is 4.79 Å². The maximum absolute atomic E-state index is 11.3. The second-order valence-corrected chi connectivity index (χ2v) is 6.89. The van der Waals surface area contributed by atoms with Crippen LogP contribution in [-0.2, 0) is 9.47 Å². The predicted molar refractivity (Wildman–Crippen MR) is 103 cm³/mol. The molecule has 26 heavy (non-hydrogen) atoms. The zero-order valence-corrected chi connectivity index (χ0v) is 16.2. The Morgan fingerprint density at radius 1 is 1.23 bits per heavy atom. The molecule has 5 nitrogen and oxygen atoms in total. The second-order valence-electron chi connectivity index (χ2n) is 6.89. The van der Waals surface area contributed by atoms with Crippen LogP contribution in [0.1, 0.15) is 33.6 Å². The van der Waals surface area contributed by atoms with Gasteiger partial charge in [-0.1, -0.05) is 5.57 Å². The molecule has 1 aromatic carbocycles. The molecule has 1 aromatic heterocycles. The molecule has 142 valence electrons. The molecule has 2 aromatic rings. The number of fused-ring (bicyclic) bond motifs is 1. The van der Waals surface area contributed by atoms with E-state index in [-0.39, 0.29) is 17.3 Å². The van der Waals surface area contributed by atoms with Crippen molar-refractivity contribution < 1.29 is 18.6 Å².